The van der Waals surface area contributed by atoms with Gasteiger partial charge in [0.2, 0.25) is 5.91 Å². The molecule has 0 saturated carbocycles. The largest absolute Gasteiger partial charge is 0.325 e. The van der Waals surface area contributed by atoms with Crippen molar-refractivity contribution in [3.63, 3.8) is 0 Å². The van der Waals surface area contributed by atoms with E-state index in [4.69, 9.17) is 0 Å². The summed E-state index contributed by atoms with van der Waals surface area (Å²) in [6.45, 7) is 5.46. The zero-order valence-corrected chi connectivity index (χ0v) is 11.8. The van der Waals surface area contributed by atoms with Crippen LogP contribution in [0.3, 0.4) is 0 Å². The monoisotopic (exact) mass is 297 g/mol. The number of anilines is 1. The molecule has 0 bridgehead atoms. The number of carbonyl (C=O) groups is 2. The van der Waals surface area contributed by atoms with Gasteiger partial charge in [-0.25, -0.2) is 0 Å². The highest BCUT2D eigenvalue weighted by Crippen LogP contribution is 2.31. The number of carbonyl (C=O) groups excluding carboxylic acids is 2. The van der Waals surface area contributed by atoms with Crippen molar-refractivity contribution < 1.29 is 9.59 Å². The van der Waals surface area contributed by atoms with Crippen LogP contribution in [0.2, 0.25) is 0 Å². The van der Waals surface area contributed by atoms with E-state index >= 15 is 0 Å². The van der Waals surface area contributed by atoms with Gasteiger partial charge < -0.3 is 5.32 Å². The quantitative estimate of drug-likeness (QED) is 0.861. The summed E-state index contributed by atoms with van der Waals surface area (Å²) in [6, 6.07) is 3.65. The van der Waals surface area contributed by atoms with Gasteiger partial charge >= 0.3 is 0 Å². The van der Waals surface area contributed by atoms with Crippen molar-refractivity contribution in [2.24, 2.45) is 0 Å². The highest BCUT2D eigenvalue weighted by atomic mass is 79.9. The van der Waals surface area contributed by atoms with Crippen LogP contribution in [0.15, 0.2) is 16.6 Å². The van der Waals surface area contributed by atoms with Crippen LogP contribution < -0.4 is 5.32 Å². The molecule has 1 aliphatic carbocycles. The maximum Gasteiger partial charge on any atom is 0.221 e. The predicted octanol–water partition coefficient (Wildman–Crippen LogP) is 3.56. The lowest BCUT2D eigenvalue weighted by molar-refractivity contribution is -0.114. The summed E-state index contributed by atoms with van der Waals surface area (Å²) >= 11 is 3.34. The van der Waals surface area contributed by atoms with Crippen LogP contribution in [0, 0.1) is 0 Å². The summed E-state index contributed by atoms with van der Waals surface area (Å²) in [5.41, 5.74) is 2.53. The van der Waals surface area contributed by atoms with Crippen LogP contribution >= 0.6 is 15.9 Å². The fourth-order valence-electron chi connectivity index (χ4n) is 1.75. The minimum atomic E-state index is -0.111. The maximum absolute atomic E-state index is 11.4. The number of aryl methyl sites for hydroxylation is 1. The van der Waals surface area contributed by atoms with E-state index in [2.05, 4.69) is 21.2 Å². The zero-order chi connectivity index (χ0) is 13.0. The third-order valence-electron chi connectivity index (χ3n) is 2.43. The van der Waals surface area contributed by atoms with Crippen molar-refractivity contribution in [3.05, 3.63) is 27.7 Å². The number of rotatable bonds is 1. The molecule has 0 saturated heterocycles. The molecule has 1 N–H and O–H groups in total. The molecular weight excluding hydrogens is 282 g/mol. The fraction of sp³-hybridized carbons (Fsp3) is 0.385. The second-order valence-electron chi connectivity index (χ2n) is 3.59. The molecule has 0 spiro atoms. The number of fused-ring (bicyclic) bond motifs is 1. The van der Waals surface area contributed by atoms with E-state index in [1.54, 1.807) is 6.07 Å². The standard InChI is InChI=1S/C11H10BrNO2.C2H6/c1-6(14)13-10-4-7-2-3-11(15)8(7)5-9(10)12;1-2/h4-5H,2-3H2,1H3,(H,13,14);1-2H3. The molecule has 0 unspecified atom stereocenters. The van der Waals surface area contributed by atoms with Crippen LogP contribution in [0.1, 0.15) is 43.1 Å². The minimum absolute atomic E-state index is 0.111. The third kappa shape index (κ3) is 3.16. The lowest BCUT2D eigenvalue weighted by Crippen LogP contribution is -2.07. The average molecular weight is 298 g/mol. The van der Waals surface area contributed by atoms with Crippen molar-refractivity contribution in [1.82, 2.24) is 0 Å². The average Bonchev–Trinajstić information content (AvgIpc) is 2.63. The Bertz CT molecular complexity index is 455. The van der Waals surface area contributed by atoms with Crippen LogP contribution in [0.25, 0.3) is 0 Å². The van der Waals surface area contributed by atoms with Crippen LogP contribution in [0.5, 0.6) is 0 Å². The van der Waals surface area contributed by atoms with Gasteiger partial charge in [-0.05, 0) is 40.0 Å². The summed E-state index contributed by atoms with van der Waals surface area (Å²) in [7, 11) is 0. The molecule has 1 aromatic carbocycles. The van der Waals surface area contributed by atoms with E-state index in [1.165, 1.54) is 6.92 Å². The molecule has 1 aromatic rings. The molecule has 1 amide bonds. The van der Waals surface area contributed by atoms with Gasteiger partial charge in [0.05, 0.1) is 5.69 Å². The molecule has 0 radical (unpaired) electrons. The van der Waals surface area contributed by atoms with Crippen molar-refractivity contribution >= 4 is 33.3 Å². The molecule has 17 heavy (non-hydrogen) atoms. The first kappa shape index (κ1) is 13.9. The molecule has 0 atom stereocenters. The smallest absolute Gasteiger partial charge is 0.221 e. The first-order chi connectivity index (χ1) is 8.08. The Labute approximate surface area is 110 Å². The lowest BCUT2D eigenvalue weighted by Gasteiger charge is -2.07. The number of hydrogen-bond donors (Lipinski definition) is 1. The van der Waals surface area contributed by atoms with Crippen LogP contribution in [-0.4, -0.2) is 11.7 Å². The second kappa shape index (κ2) is 5.96. The van der Waals surface area contributed by atoms with E-state index in [0.717, 1.165) is 27.7 Å². The van der Waals surface area contributed by atoms with Gasteiger partial charge in [-0.1, -0.05) is 13.8 Å². The number of ketones is 1. The van der Waals surface area contributed by atoms with E-state index in [1.807, 2.05) is 19.9 Å². The fourth-order valence-corrected chi connectivity index (χ4v) is 2.20. The number of nitrogens with one attached hydrogen (secondary N) is 1. The molecule has 92 valence electrons. The van der Waals surface area contributed by atoms with Gasteiger partial charge in [-0.2, -0.15) is 0 Å². The normalized spacial score (nSPS) is 12.6. The van der Waals surface area contributed by atoms with Crippen molar-refractivity contribution in [3.8, 4) is 0 Å². The molecular formula is C13H16BrNO2. The number of Topliss-reactive ketones (excluding diaryl/α,β-unsaturated/α-hetero) is 1. The van der Waals surface area contributed by atoms with Gasteiger partial charge in [0.1, 0.15) is 0 Å². The maximum atomic E-state index is 11.4. The molecule has 0 aromatic heterocycles. The Hall–Kier alpha value is -1.16. The summed E-state index contributed by atoms with van der Waals surface area (Å²) in [4.78, 5) is 22.4. The first-order valence-corrected chi connectivity index (χ1v) is 6.50. The molecule has 4 heteroatoms. The SMILES string of the molecule is CC.CC(=O)Nc1cc2c(cc1Br)C(=O)CC2. The third-order valence-corrected chi connectivity index (χ3v) is 3.08. The number of amides is 1. The van der Waals surface area contributed by atoms with E-state index in [9.17, 15) is 9.59 Å². The van der Waals surface area contributed by atoms with Crippen molar-refractivity contribution in [2.75, 3.05) is 5.32 Å². The minimum Gasteiger partial charge on any atom is -0.325 e. The Balaban J connectivity index is 0.000000686. The van der Waals surface area contributed by atoms with Gasteiger partial charge in [0.25, 0.3) is 0 Å². The van der Waals surface area contributed by atoms with Gasteiger partial charge in [0, 0.05) is 23.4 Å². The number of benzene rings is 1. The van der Waals surface area contributed by atoms with E-state index in [-0.39, 0.29) is 11.7 Å². The Morgan fingerprint density at radius 2 is 1.94 bits per heavy atom. The molecule has 0 aliphatic heterocycles. The zero-order valence-electron chi connectivity index (χ0n) is 10.3. The molecule has 0 fully saturated rings. The summed E-state index contributed by atoms with van der Waals surface area (Å²) < 4.78 is 0.756. The second-order valence-corrected chi connectivity index (χ2v) is 4.45. The van der Waals surface area contributed by atoms with Gasteiger partial charge in [0.15, 0.2) is 5.78 Å². The molecule has 2 rings (SSSR count). The van der Waals surface area contributed by atoms with Crippen molar-refractivity contribution in [1.29, 1.82) is 0 Å². The molecule has 1 aliphatic rings. The van der Waals surface area contributed by atoms with E-state index < -0.39 is 0 Å². The summed E-state index contributed by atoms with van der Waals surface area (Å²) in [6.07, 6.45) is 1.35. The molecule has 0 heterocycles. The highest BCUT2D eigenvalue weighted by Gasteiger charge is 2.21. The number of hydrogen-bond acceptors (Lipinski definition) is 2. The predicted molar refractivity (Wildman–Crippen MR) is 72.4 cm³/mol. The van der Waals surface area contributed by atoms with Crippen LogP contribution in [-0.2, 0) is 11.2 Å². The summed E-state index contributed by atoms with van der Waals surface area (Å²) in [5, 5.41) is 2.72. The summed E-state index contributed by atoms with van der Waals surface area (Å²) in [5.74, 6) is 0.0695. The highest BCUT2D eigenvalue weighted by molar-refractivity contribution is 9.10. The van der Waals surface area contributed by atoms with Crippen molar-refractivity contribution in [2.45, 2.75) is 33.6 Å². The lowest BCUT2D eigenvalue weighted by atomic mass is 10.1. The number of halogens is 1. The molecule has 3 nitrogen and oxygen atoms in total. The Morgan fingerprint density at radius 3 is 2.53 bits per heavy atom. The topological polar surface area (TPSA) is 46.2 Å². The van der Waals surface area contributed by atoms with Crippen LogP contribution in [0.4, 0.5) is 5.69 Å². The van der Waals surface area contributed by atoms with E-state index in [0.29, 0.717) is 6.42 Å². The van der Waals surface area contributed by atoms with Gasteiger partial charge in [-0.15, -0.1) is 0 Å². The first-order valence-electron chi connectivity index (χ1n) is 5.71. The van der Waals surface area contributed by atoms with Gasteiger partial charge in [-0.3, -0.25) is 9.59 Å². The Kier molecular flexibility index (Phi) is 4.87. The Morgan fingerprint density at radius 1 is 1.29 bits per heavy atom.